The van der Waals surface area contributed by atoms with Crippen LogP contribution in [0.1, 0.15) is 72.0 Å². The van der Waals surface area contributed by atoms with E-state index in [4.69, 9.17) is 0 Å². The fourth-order valence-corrected chi connectivity index (χ4v) is 6.56. The van der Waals surface area contributed by atoms with E-state index in [1.807, 2.05) is 61.5 Å². The second kappa shape index (κ2) is 11.1. The van der Waals surface area contributed by atoms with E-state index in [0.717, 1.165) is 53.1 Å². The summed E-state index contributed by atoms with van der Waals surface area (Å²) >= 11 is 3.50. The van der Waals surface area contributed by atoms with Crippen molar-refractivity contribution in [1.82, 2.24) is 4.98 Å². The number of aliphatic hydroxyl groups is 1. The molecule has 3 aromatic rings. The molecular formula is C29H33NO3S2. The Morgan fingerprint density at radius 2 is 2.00 bits per heavy atom. The molecule has 35 heavy (non-hydrogen) atoms. The van der Waals surface area contributed by atoms with E-state index in [-0.39, 0.29) is 17.1 Å². The van der Waals surface area contributed by atoms with Crippen molar-refractivity contribution in [2.45, 2.75) is 56.8 Å². The molecule has 1 atom stereocenters. The maximum absolute atomic E-state index is 11.4. The van der Waals surface area contributed by atoms with E-state index >= 15 is 0 Å². The van der Waals surface area contributed by atoms with Gasteiger partial charge in [-0.2, -0.15) is 11.8 Å². The predicted molar refractivity (Wildman–Crippen MR) is 147 cm³/mol. The minimum Gasteiger partial charge on any atom is -0.481 e. The third-order valence-corrected chi connectivity index (χ3v) is 9.01. The highest BCUT2D eigenvalue weighted by Gasteiger charge is 2.44. The molecule has 0 spiro atoms. The zero-order valence-electron chi connectivity index (χ0n) is 20.3. The lowest BCUT2D eigenvalue weighted by atomic mass is 9.90. The molecule has 1 aliphatic carbocycles. The topological polar surface area (TPSA) is 70.4 Å². The minimum atomic E-state index is -0.890. The van der Waals surface area contributed by atoms with E-state index in [1.54, 1.807) is 11.3 Å². The lowest BCUT2D eigenvalue weighted by Gasteiger charge is -2.24. The number of hydrogen-bond donors (Lipinski definition) is 2. The molecular weight excluding hydrogens is 474 g/mol. The van der Waals surface area contributed by atoms with Crippen LogP contribution in [0.15, 0.2) is 60.1 Å². The zero-order valence-corrected chi connectivity index (χ0v) is 21.9. The van der Waals surface area contributed by atoms with Gasteiger partial charge in [-0.1, -0.05) is 54.6 Å². The molecule has 0 amide bonds. The number of aliphatic carboxylic acids is 1. The molecule has 4 nitrogen and oxygen atoms in total. The van der Waals surface area contributed by atoms with Crippen molar-refractivity contribution in [3.8, 4) is 0 Å². The Balaban J connectivity index is 1.54. The number of benzene rings is 2. The molecule has 0 unspecified atom stereocenters. The van der Waals surface area contributed by atoms with Gasteiger partial charge in [0.15, 0.2) is 0 Å². The van der Waals surface area contributed by atoms with Crippen LogP contribution >= 0.6 is 23.1 Å². The molecule has 1 saturated carbocycles. The van der Waals surface area contributed by atoms with Crippen LogP contribution in [0, 0.1) is 5.41 Å². The number of rotatable bonds is 12. The molecule has 1 fully saturated rings. The fourth-order valence-electron chi connectivity index (χ4n) is 4.46. The van der Waals surface area contributed by atoms with E-state index in [0.29, 0.717) is 0 Å². The quantitative estimate of drug-likeness (QED) is 0.271. The molecule has 1 heterocycles. The van der Waals surface area contributed by atoms with Gasteiger partial charge in [-0.15, -0.1) is 11.3 Å². The van der Waals surface area contributed by atoms with Gasteiger partial charge in [0.25, 0.3) is 0 Å². The number of carboxylic acids is 1. The number of aryl methyl sites for hydroxylation is 1. The van der Waals surface area contributed by atoms with Gasteiger partial charge in [0.05, 0.1) is 12.0 Å². The highest BCUT2D eigenvalue weighted by atomic mass is 32.2. The third-order valence-electron chi connectivity index (χ3n) is 6.58. The van der Waals surface area contributed by atoms with Crippen LogP contribution in [0.3, 0.4) is 0 Å². The minimum absolute atomic E-state index is 0.0535. The van der Waals surface area contributed by atoms with Gasteiger partial charge in [0, 0.05) is 22.6 Å². The number of thioether (sulfide) groups is 1. The van der Waals surface area contributed by atoms with Crippen molar-refractivity contribution in [3.63, 3.8) is 0 Å². The maximum Gasteiger partial charge on any atom is 0.303 e. The number of carbonyl (C=O) groups is 1. The molecule has 4 rings (SSSR count). The lowest BCUT2D eigenvalue weighted by molar-refractivity contribution is -0.138. The molecule has 2 aromatic carbocycles. The number of carboxylic acid groups (broad SMARTS) is 1. The number of thiazole rings is 1. The van der Waals surface area contributed by atoms with E-state index in [9.17, 15) is 15.0 Å². The SMILES string of the molecule is CC(C)(O)c1ccccc1CC[C@@H](SCC1(CC(=O)O)CC1)c1cccc(/C=C/c2nccs2)c1. The van der Waals surface area contributed by atoms with Crippen LogP contribution in [0.25, 0.3) is 12.2 Å². The smallest absolute Gasteiger partial charge is 0.303 e. The zero-order chi connectivity index (χ0) is 24.9. The van der Waals surface area contributed by atoms with Crippen LogP contribution in [0.4, 0.5) is 0 Å². The summed E-state index contributed by atoms with van der Waals surface area (Å²) in [5.74, 6) is 0.157. The van der Waals surface area contributed by atoms with Gasteiger partial charge in [-0.05, 0) is 73.3 Å². The summed E-state index contributed by atoms with van der Waals surface area (Å²) in [6, 6.07) is 16.7. The summed E-state index contributed by atoms with van der Waals surface area (Å²) in [6.07, 6.45) is 9.96. The molecule has 2 N–H and O–H groups in total. The average Bonchev–Trinajstić information content (AvgIpc) is 3.36. The van der Waals surface area contributed by atoms with Gasteiger partial charge >= 0.3 is 5.97 Å². The summed E-state index contributed by atoms with van der Waals surface area (Å²) in [6.45, 7) is 3.66. The molecule has 1 aliphatic rings. The van der Waals surface area contributed by atoms with Gasteiger partial charge in [-0.3, -0.25) is 4.79 Å². The summed E-state index contributed by atoms with van der Waals surface area (Å²) in [4.78, 5) is 15.7. The van der Waals surface area contributed by atoms with Crippen LogP contribution < -0.4 is 0 Å². The summed E-state index contributed by atoms with van der Waals surface area (Å²) in [5, 5.41) is 23.2. The summed E-state index contributed by atoms with van der Waals surface area (Å²) in [7, 11) is 0. The first kappa shape index (κ1) is 25.7. The largest absolute Gasteiger partial charge is 0.481 e. The van der Waals surface area contributed by atoms with Crippen molar-refractivity contribution in [1.29, 1.82) is 0 Å². The summed E-state index contributed by atoms with van der Waals surface area (Å²) in [5.41, 5.74) is 3.57. The third kappa shape index (κ3) is 7.29. The van der Waals surface area contributed by atoms with Crippen molar-refractivity contribution in [2.24, 2.45) is 5.41 Å². The monoisotopic (exact) mass is 507 g/mol. The van der Waals surface area contributed by atoms with E-state index < -0.39 is 11.6 Å². The standard InChI is InChI=1S/C29H33NO3S2/c1-28(2,33)24-9-4-3-7-22(24)11-12-25(35-20-29(14-15-29)19-27(31)32)23-8-5-6-21(18-23)10-13-26-30-16-17-34-26/h3-10,13,16-18,25,33H,11-12,14-15,19-20H2,1-2H3,(H,31,32)/b13-10+/t25-/m1/s1. The lowest BCUT2D eigenvalue weighted by Crippen LogP contribution is -2.18. The number of nitrogens with zero attached hydrogens (tertiary/aromatic N) is 1. The first-order valence-corrected chi connectivity index (χ1v) is 14.0. The fraction of sp³-hybridized carbons (Fsp3) is 0.379. The molecule has 184 valence electrons. The van der Waals surface area contributed by atoms with Crippen molar-refractivity contribution in [3.05, 3.63) is 87.4 Å². The number of aromatic nitrogens is 1. The van der Waals surface area contributed by atoms with Gasteiger partial charge in [-0.25, -0.2) is 4.98 Å². The van der Waals surface area contributed by atoms with Gasteiger partial charge in [0.1, 0.15) is 5.01 Å². The molecule has 0 saturated heterocycles. The van der Waals surface area contributed by atoms with Crippen LogP contribution in [-0.4, -0.2) is 26.9 Å². The Bertz CT molecular complexity index is 1160. The Morgan fingerprint density at radius 3 is 2.69 bits per heavy atom. The average molecular weight is 508 g/mol. The highest BCUT2D eigenvalue weighted by Crippen LogP contribution is 2.53. The van der Waals surface area contributed by atoms with Crippen LogP contribution in [-0.2, 0) is 16.8 Å². The first-order chi connectivity index (χ1) is 16.7. The van der Waals surface area contributed by atoms with Gasteiger partial charge < -0.3 is 10.2 Å². The van der Waals surface area contributed by atoms with E-state index in [2.05, 4.69) is 41.4 Å². The number of hydrogen-bond acceptors (Lipinski definition) is 5. The Hall–Kier alpha value is -2.41. The van der Waals surface area contributed by atoms with Crippen molar-refractivity contribution >= 4 is 41.2 Å². The maximum atomic E-state index is 11.4. The van der Waals surface area contributed by atoms with E-state index in [1.165, 1.54) is 5.56 Å². The van der Waals surface area contributed by atoms with Crippen LogP contribution in [0.2, 0.25) is 0 Å². The first-order valence-electron chi connectivity index (χ1n) is 12.1. The highest BCUT2D eigenvalue weighted by molar-refractivity contribution is 7.99. The van der Waals surface area contributed by atoms with Crippen LogP contribution in [0.5, 0.6) is 0 Å². The van der Waals surface area contributed by atoms with Crippen molar-refractivity contribution in [2.75, 3.05) is 5.75 Å². The molecule has 6 heteroatoms. The predicted octanol–water partition coefficient (Wildman–Crippen LogP) is 7.20. The van der Waals surface area contributed by atoms with Gasteiger partial charge in [0.2, 0.25) is 0 Å². The molecule has 0 radical (unpaired) electrons. The Labute approximate surface area is 216 Å². The second-order valence-corrected chi connectivity index (χ2v) is 12.1. The Morgan fingerprint density at radius 1 is 1.20 bits per heavy atom. The second-order valence-electron chi connectivity index (χ2n) is 10.00. The molecule has 0 bridgehead atoms. The summed E-state index contributed by atoms with van der Waals surface area (Å²) < 4.78 is 0. The Kier molecular flexibility index (Phi) is 8.15. The normalized spacial score (nSPS) is 15.9. The molecule has 0 aliphatic heterocycles. The molecule has 1 aromatic heterocycles. The van der Waals surface area contributed by atoms with Crippen molar-refractivity contribution < 1.29 is 15.0 Å².